The fourth-order valence-electron chi connectivity index (χ4n) is 3.59. The Morgan fingerprint density at radius 2 is 1.94 bits per heavy atom. The molecule has 3 rings (SSSR count). The maximum atomic E-state index is 9.50. The summed E-state index contributed by atoms with van der Waals surface area (Å²) in [7, 11) is 0. The summed E-state index contributed by atoms with van der Waals surface area (Å²) >= 11 is 3.55. The molecule has 1 aromatic rings. The molecular weight excluding hydrogens is 290 g/mol. The zero-order valence-electron chi connectivity index (χ0n) is 10.6. The van der Waals surface area contributed by atoms with Crippen LogP contribution in [0.2, 0.25) is 0 Å². The minimum atomic E-state index is 0.133. The Labute approximate surface area is 117 Å². The normalized spacial score (nSPS) is 27.3. The van der Waals surface area contributed by atoms with E-state index in [0.29, 0.717) is 0 Å². The first-order valence-corrected chi connectivity index (χ1v) is 7.70. The Bertz CT molecular complexity index is 423. The zero-order valence-corrected chi connectivity index (χ0v) is 12.2. The number of hydrogen-bond donors (Lipinski definition) is 1. The molecule has 1 aliphatic heterocycles. The van der Waals surface area contributed by atoms with E-state index < -0.39 is 0 Å². The third-order valence-electron chi connectivity index (χ3n) is 4.41. The van der Waals surface area contributed by atoms with Crippen molar-refractivity contribution in [3.63, 3.8) is 0 Å². The van der Waals surface area contributed by atoms with Crippen LogP contribution in [-0.4, -0.2) is 18.2 Å². The number of piperidine rings is 1. The first-order chi connectivity index (χ1) is 8.76. The number of rotatable bonds is 2. The summed E-state index contributed by atoms with van der Waals surface area (Å²) in [5.41, 5.74) is 2.28. The van der Waals surface area contributed by atoms with E-state index in [-0.39, 0.29) is 6.61 Å². The van der Waals surface area contributed by atoms with Gasteiger partial charge in [0.2, 0.25) is 0 Å². The number of benzene rings is 1. The summed E-state index contributed by atoms with van der Waals surface area (Å²) in [5, 5.41) is 9.50. The Hall–Kier alpha value is -0.540. The van der Waals surface area contributed by atoms with Gasteiger partial charge in [-0.05, 0) is 43.2 Å². The second kappa shape index (κ2) is 5.22. The van der Waals surface area contributed by atoms with Gasteiger partial charge in [0, 0.05) is 28.8 Å². The number of aliphatic hydroxyl groups is 1. The lowest BCUT2D eigenvalue weighted by Crippen LogP contribution is -2.43. The molecule has 3 heteroatoms. The molecular formula is C15H20BrNO. The van der Waals surface area contributed by atoms with Crippen molar-refractivity contribution in [2.45, 2.75) is 32.3 Å². The summed E-state index contributed by atoms with van der Waals surface area (Å²) in [6.07, 6.45) is 5.60. The summed E-state index contributed by atoms with van der Waals surface area (Å²) in [6, 6.07) is 6.20. The topological polar surface area (TPSA) is 23.5 Å². The highest BCUT2D eigenvalue weighted by Crippen LogP contribution is 2.37. The Morgan fingerprint density at radius 3 is 2.61 bits per heavy atom. The zero-order chi connectivity index (χ0) is 12.5. The number of hydrogen-bond acceptors (Lipinski definition) is 2. The van der Waals surface area contributed by atoms with Crippen molar-refractivity contribution in [3.05, 3.63) is 28.2 Å². The molecule has 1 saturated heterocycles. The molecule has 0 aromatic heterocycles. The van der Waals surface area contributed by atoms with Crippen molar-refractivity contribution in [3.8, 4) is 0 Å². The van der Waals surface area contributed by atoms with Crippen molar-refractivity contribution in [1.82, 2.24) is 0 Å². The number of halogens is 1. The molecule has 0 radical (unpaired) electrons. The van der Waals surface area contributed by atoms with Crippen LogP contribution in [0.15, 0.2) is 22.7 Å². The van der Waals surface area contributed by atoms with Gasteiger partial charge in [-0.2, -0.15) is 0 Å². The molecule has 0 amide bonds. The molecule has 1 N–H and O–H groups in total. The van der Waals surface area contributed by atoms with Gasteiger partial charge in [-0.25, -0.2) is 0 Å². The van der Waals surface area contributed by atoms with Gasteiger partial charge in [-0.3, -0.25) is 0 Å². The lowest BCUT2D eigenvalue weighted by atomic mass is 9.77. The fourth-order valence-corrected chi connectivity index (χ4v) is 3.94. The van der Waals surface area contributed by atoms with Crippen LogP contribution in [-0.2, 0) is 6.61 Å². The van der Waals surface area contributed by atoms with E-state index >= 15 is 0 Å². The van der Waals surface area contributed by atoms with E-state index in [2.05, 4.69) is 26.9 Å². The van der Waals surface area contributed by atoms with Crippen molar-refractivity contribution >= 4 is 21.6 Å². The highest BCUT2D eigenvalue weighted by atomic mass is 79.9. The van der Waals surface area contributed by atoms with E-state index in [1.165, 1.54) is 44.5 Å². The first-order valence-electron chi connectivity index (χ1n) is 6.90. The molecule has 98 valence electrons. The molecule has 1 aliphatic carbocycles. The Balaban J connectivity index is 1.87. The quantitative estimate of drug-likeness (QED) is 0.903. The molecule has 2 bridgehead atoms. The largest absolute Gasteiger partial charge is 0.392 e. The van der Waals surface area contributed by atoms with Crippen molar-refractivity contribution in [2.24, 2.45) is 11.8 Å². The smallest absolute Gasteiger partial charge is 0.0702 e. The minimum Gasteiger partial charge on any atom is -0.392 e. The van der Waals surface area contributed by atoms with Gasteiger partial charge in [0.25, 0.3) is 0 Å². The molecule has 1 aromatic carbocycles. The third-order valence-corrected chi connectivity index (χ3v) is 4.90. The molecule has 1 saturated carbocycles. The van der Waals surface area contributed by atoms with Gasteiger partial charge < -0.3 is 10.0 Å². The summed E-state index contributed by atoms with van der Waals surface area (Å²) in [4.78, 5) is 2.49. The SMILES string of the molecule is OCc1ccc(Br)cc1N1CC2CCCC(C2)C1. The van der Waals surface area contributed by atoms with Gasteiger partial charge in [0.1, 0.15) is 0 Å². The van der Waals surface area contributed by atoms with Crippen LogP contribution in [0.25, 0.3) is 0 Å². The van der Waals surface area contributed by atoms with E-state index in [1.807, 2.05) is 12.1 Å². The maximum Gasteiger partial charge on any atom is 0.0702 e. The molecule has 2 unspecified atom stereocenters. The van der Waals surface area contributed by atoms with E-state index in [1.54, 1.807) is 0 Å². The molecule has 2 atom stereocenters. The maximum absolute atomic E-state index is 9.50. The number of fused-ring (bicyclic) bond motifs is 2. The molecule has 18 heavy (non-hydrogen) atoms. The van der Waals surface area contributed by atoms with Gasteiger partial charge in [0.15, 0.2) is 0 Å². The number of aliphatic hydroxyl groups excluding tert-OH is 1. The number of anilines is 1. The lowest BCUT2D eigenvalue weighted by Gasteiger charge is -2.43. The van der Waals surface area contributed by atoms with Gasteiger partial charge >= 0.3 is 0 Å². The second-order valence-electron chi connectivity index (χ2n) is 5.73. The van der Waals surface area contributed by atoms with Crippen LogP contribution in [0, 0.1) is 11.8 Å². The van der Waals surface area contributed by atoms with Gasteiger partial charge in [0.05, 0.1) is 6.61 Å². The average molecular weight is 310 g/mol. The van der Waals surface area contributed by atoms with Crippen molar-refractivity contribution < 1.29 is 5.11 Å². The summed E-state index contributed by atoms with van der Waals surface area (Å²) in [6.45, 7) is 2.47. The Kier molecular flexibility index (Phi) is 3.62. The van der Waals surface area contributed by atoms with E-state index in [9.17, 15) is 5.11 Å². The molecule has 2 fully saturated rings. The first kappa shape index (κ1) is 12.5. The lowest BCUT2D eigenvalue weighted by molar-refractivity contribution is 0.230. The van der Waals surface area contributed by atoms with Crippen molar-refractivity contribution in [1.29, 1.82) is 0 Å². The molecule has 2 aliphatic rings. The molecule has 0 spiro atoms. The summed E-state index contributed by atoms with van der Waals surface area (Å²) < 4.78 is 1.10. The van der Waals surface area contributed by atoms with E-state index in [4.69, 9.17) is 0 Å². The monoisotopic (exact) mass is 309 g/mol. The average Bonchev–Trinajstić information content (AvgIpc) is 2.38. The van der Waals surface area contributed by atoms with Crippen molar-refractivity contribution in [2.75, 3.05) is 18.0 Å². The van der Waals surface area contributed by atoms with Crippen LogP contribution in [0.5, 0.6) is 0 Å². The summed E-state index contributed by atoms with van der Waals surface area (Å²) in [5.74, 6) is 1.73. The standard InChI is InChI=1S/C15H20BrNO/c16-14-5-4-13(10-18)15(7-14)17-8-11-2-1-3-12(6-11)9-17/h4-5,7,11-12,18H,1-3,6,8-10H2. The second-order valence-corrected chi connectivity index (χ2v) is 6.65. The predicted octanol–water partition coefficient (Wildman–Crippen LogP) is 3.57. The predicted molar refractivity (Wildman–Crippen MR) is 77.7 cm³/mol. The van der Waals surface area contributed by atoms with Crippen LogP contribution in [0.1, 0.15) is 31.2 Å². The fraction of sp³-hybridized carbons (Fsp3) is 0.600. The molecule has 1 heterocycles. The highest BCUT2D eigenvalue weighted by Gasteiger charge is 2.31. The number of nitrogens with zero attached hydrogens (tertiary/aromatic N) is 1. The highest BCUT2D eigenvalue weighted by molar-refractivity contribution is 9.10. The van der Waals surface area contributed by atoms with Crippen LogP contribution in [0.4, 0.5) is 5.69 Å². The van der Waals surface area contributed by atoms with Crippen LogP contribution < -0.4 is 4.90 Å². The van der Waals surface area contributed by atoms with Gasteiger partial charge in [-0.15, -0.1) is 0 Å². The Morgan fingerprint density at radius 1 is 1.22 bits per heavy atom. The molecule has 2 nitrogen and oxygen atoms in total. The van der Waals surface area contributed by atoms with Crippen LogP contribution in [0.3, 0.4) is 0 Å². The minimum absolute atomic E-state index is 0.133. The van der Waals surface area contributed by atoms with Crippen LogP contribution >= 0.6 is 15.9 Å². The third kappa shape index (κ3) is 2.43. The van der Waals surface area contributed by atoms with E-state index in [0.717, 1.165) is 21.9 Å². The van der Waals surface area contributed by atoms with Gasteiger partial charge in [-0.1, -0.05) is 28.4 Å².